The molecule has 1 aromatic rings. The second-order valence-electron chi connectivity index (χ2n) is 8.44. The molecule has 0 aliphatic heterocycles. The summed E-state index contributed by atoms with van der Waals surface area (Å²) in [5.74, 6) is 3.22. The maximum atomic E-state index is 12.8. The number of hydrogen-bond acceptors (Lipinski definition) is 2. The molecule has 1 unspecified atom stereocenters. The Labute approximate surface area is 144 Å². The van der Waals surface area contributed by atoms with Gasteiger partial charge in [-0.15, -0.1) is 11.3 Å². The van der Waals surface area contributed by atoms with Gasteiger partial charge in [-0.1, -0.05) is 13.8 Å². The van der Waals surface area contributed by atoms with Gasteiger partial charge in [0.05, 0.1) is 6.54 Å². The van der Waals surface area contributed by atoms with Gasteiger partial charge in [-0.3, -0.25) is 4.79 Å². The van der Waals surface area contributed by atoms with Crippen LogP contribution in [0.15, 0.2) is 12.1 Å². The number of amides is 1. The average molecular weight is 332 g/mol. The van der Waals surface area contributed by atoms with Crippen LogP contribution in [0, 0.1) is 29.1 Å². The van der Waals surface area contributed by atoms with Crippen LogP contribution in [0.25, 0.3) is 0 Å². The van der Waals surface area contributed by atoms with Gasteiger partial charge in [0.25, 0.3) is 0 Å². The van der Waals surface area contributed by atoms with Crippen LogP contribution in [0.1, 0.15) is 62.1 Å². The van der Waals surface area contributed by atoms with Crippen molar-refractivity contribution in [2.24, 2.45) is 29.1 Å². The Hall–Kier alpha value is -0.830. The standard InChI is InChI=1S/C20H29NOS/c1-3-17-4-5-18(23-17)12-21-19(22)13(2)20-9-14-6-15(10-20)8-16(7-14)11-20/h4-5,13-16H,3,6-12H2,1-2H3,(H,21,22). The first-order valence-electron chi connectivity index (χ1n) is 9.43. The predicted molar refractivity (Wildman–Crippen MR) is 95.3 cm³/mol. The number of thiophene rings is 1. The van der Waals surface area contributed by atoms with Crippen molar-refractivity contribution >= 4 is 17.2 Å². The molecule has 0 saturated heterocycles. The highest BCUT2D eigenvalue weighted by Crippen LogP contribution is 2.62. The monoisotopic (exact) mass is 331 g/mol. The van der Waals surface area contributed by atoms with Crippen LogP contribution in [0.4, 0.5) is 0 Å². The minimum Gasteiger partial charge on any atom is -0.351 e. The average Bonchev–Trinajstić information content (AvgIpc) is 2.98. The molecule has 1 heterocycles. The molecule has 5 rings (SSSR count). The summed E-state index contributed by atoms with van der Waals surface area (Å²) in [5.41, 5.74) is 0.322. The summed E-state index contributed by atoms with van der Waals surface area (Å²) in [6, 6.07) is 4.35. The number of rotatable bonds is 5. The fourth-order valence-electron chi connectivity index (χ4n) is 6.02. The van der Waals surface area contributed by atoms with Gasteiger partial charge in [-0.25, -0.2) is 0 Å². The maximum Gasteiger partial charge on any atom is 0.223 e. The molecule has 4 bridgehead atoms. The van der Waals surface area contributed by atoms with Crippen molar-refractivity contribution in [3.8, 4) is 0 Å². The van der Waals surface area contributed by atoms with Gasteiger partial charge in [0.1, 0.15) is 0 Å². The largest absolute Gasteiger partial charge is 0.351 e. The highest BCUT2D eigenvalue weighted by molar-refractivity contribution is 7.11. The summed E-state index contributed by atoms with van der Waals surface area (Å²) in [5, 5.41) is 3.23. The third-order valence-electron chi connectivity index (χ3n) is 6.90. The van der Waals surface area contributed by atoms with E-state index in [0.29, 0.717) is 17.9 Å². The van der Waals surface area contributed by atoms with Crippen LogP contribution in [0.3, 0.4) is 0 Å². The Kier molecular flexibility index (Phi) is 4.03. The second-order valence-corrected chi connectivity index (χ2v) is 9.69. The first-order chi connectivity index (χ1) is 11.1. The van der Waals surface area contributed by atoms with Crippen LogP contribution >= 0.6 is 11.3 Å². The third-order valence-corrected chi connectivity index (χ3v) is 8.13. The molecule has 0 radical (unpaired) electrons. The zero-order chi connectivity index (χ0) is 16.0. The molecule has 1 atom stereocenters. The molecule has 23 heavy (non-hydrogen) atoms. The van der Waals surface area contributed by atoms with Gasteiger partial charge in [0.2, 0.25) is 5.91 Å². The van der Waals surface area contributed by atoms with Crippen LogP contribution in [0.2, 0.25) is 0 Å². The van der Waals surface area contributed by atoms with E-state index in [0.717, 1.165) is 24.2 Å². The molecule has 3 heteroatoms. The van der Waals surface area contributed by atoms with E-state index in [4.69, 9.17) is 0 Å². The number of hydrogen-bond donors (Lipinski definition) is 1. The lowest BCUT2D eigenvalue weighted by Gasteiger charge is -2.58. The highest BCUT2D eigenvalue weighted by atomic mass is 32.1. The Morgan fingerprint density at radius 1 is 1.17 bits per heavy atom. The van der Waals surface area contributed by atoms with Gasteiger partial charge >= 0.3 is 0 Å². The van der Waals surface area contributed by atoms with E-state index < -0.39 is 0 Å². The Balaban J connectivity index is 1.40. The number of carbonyl (C=O) groups is 1. The van der Waals surface area contributed by atoms with Gasteiger partial charge in [0.15, 0.2) is 0 Å². The molecule has 0 aromatic carbocycles. The molecule has 1 N–H and O–H groups in total. The molecule has 0 spiro atoms. The Morgan fingerprint density at radius 3 is 2.26 bits per heavy atom. The SMILES string of the molecule is CCc1ccc(CNC(=O)C(C)C23CC4CC(CC(C4)C2)C3)s1. The second kappa shape index (κ2) is 5.91. The molecular formula is C20H29NOS. The molecule has 126 valence electrons. The molecule has 1 amide bonds. The summed E-state index contributed by atoms with van der Waals surface area (Å²) in [4.78, 5) is 15.5. The number of carbonyl (C=O) groups excluding carboxylic acids is 1. The molecule has 4 fully saturated rings. The molecule has 4 aliphatic rings. The van der Waals surface area contributed by atoms with Gasteiger partial charge < -0.3 is 5.32 Å². The van der Waals surface area contributed by atoms with Crippen LogP contribution in [-0.4, -0.2) is 5.91 Å². The zero-order valence-electron chi connectivity index (χ0n) is 14.4. The summed E-state index contributed by atoms with van der Waals surface area (Å²) >= 11 is 1.83. The van der Waals surface area contributed by atoms with Crippen molar-refractivity contribution in [1.82, 2.24) is 5.32 Å². The first kappa shape index (κ1) is 15.7. The van der Waals surface area contributed by atoms with Crippen molar-refractivity contribution in [3.05, 3.63) is 21.9 Å². The van der Waals surface area contributed by atoms with Crippen LogP contribution in [-0.2, 0) is 17.8 Å². The van der Waals surface area contributed by atoms with Gasteiger partial charge in [-0.2, -0.15) is 0 Å². The van der Waals surface area contributed by atoms with E-state index in [1.807, 2.05) is 11.3 Å². The number of nitrogens with one attached hydrogen (secondary N) is 1. The van der Waals surface area contributed by atoms with Crippen molar-refractivity contribution in [2.75, 3.05) is 0 Å². The predicted octanol–water partition coefficient (Wildman–Crippen LogP) is 4.78. The van der Waals surface area contributed by atoms with Gasteiger partial charge in [-0.05, 0) is 80.2 Å². The minimum atomic E-state index is 0.182. The lowest BCUT2D eigenvalue weighted by molar-refractivity contribution is -0.139. The molecule has 1 aromatic heterocycles. The minimum absolute atomic E-state index is 0.182. The fraction of sp³-hybridized carbons (Fsp3) is 0.750. The first-order valence-corrected chi connectivity index (χ1v) is 10.2. The van der Waals surface area contributed by atoms with Crippen LogP contribution in [0.5, 0.6) is 0 Å². The lowest BCUT2D eigenvalue weighted by Crippen LogP contribution is -2.52. The summed E-state index contributed by atoms with van der Waals surface area (Å²) in [7, 11) is 0. The van der Waals surface area contributed by atoms with Crippen molar-refractivity contribution in [3.63, 3.8) is 0 Å². The summed E-state index contributed by atoms with van der Waals surface area (Å²) in [6.07, 6.45) is 9.36. The topological polar surface area (TPSA) is 29.1 Å². The van der Waals surface area contributed by atoms with Crippen molar-refractivity contribution < 1.29 is 4.79 Å². The molecule has 4 saturated carbocycles. The molecular weight excluding hydrogens is 302 g/mol. The Bertz CT molecular complexity index is 555. The van der Waals surface area contributed by atoms with Crippen molar-refractivity contribution in [2.45, 2.75) is 65.3 Å². The lowest BCUT2D eigenvalue weighted by atomic mass is 9.46. The van der Waals surface area contributed by atoms with E-state index in [1.165, 1.54) is 48.3 Å². The third kappa shape index (κ3) is 2.86. The van der Waals surface area contributed by atoms with Crippen molar-refractivity contribution in [1.29, 1.82) is 0 Å². The maximum absolute atomic E-state index is 12.8. The summed E-state index contributed by atoms with van der Waals surface area (Å²) in [6.45, 7) is 5.10. The van der Waals surface area contributed by atoms with Gasteiger partial charge in [0, 0.05) is 15.7 Å². The van der Waals surface area contributed by atoms with E-state index >= 15 is 0 Å². The van der Waals surface area contributed by atoms with E-state index in [2.05, 4.69) is 31.3 Å². The van der Waals surface area contributed by atoms with E-state index in [-0.39, 0.29) is 5.92 Å². The number of aryl methyl sites for hydroxylation is 1. The Morgan fingerprint density at radius 2 is 1.74 bits per heavy atom. The highest BCUT2D eigenvalue weighted by Gasteiger charge is 2.54. The van der Waals surface area contributed by atoms with Crippen LogP contribution < -0.4 is 5.32 Å². The molecule has 4 aliphatic carbocycles. The molecule has 2 nitrogen and oxygen atoms in total. The van der Waals surface area contributed by atoms with E-state index in [9.17, 15) is 4.79 Å². The van der Waals surface area contributed by atoms with E-state index in [1.54, 1.807) is 0 Å². The smallest absolute Gasteiger partial charge is 0.223 e. The normalized spacial score (nSPS) is 36.2. The quantitative estimate of drug-likeness (QED) is 0.826. The zero-order valence-corrected chi connectivity index (χ0v) is 15.3. The fourth-order valence-corrected chi connectivity index (χ4v) is 6.92. The summed E-state index contributed by atoms with van der Waals surface area (Å²) < 4.78 is 0.